The number of aromatic amines is 1. The van der Waals surface area contributed by atoms with Crippen molar-refractivity contribution < 1.29 is 75.7 Å². The van der Waals surface area contributed by atoms with Crippen molar-refractivity contribution in [1.29, 1.82) is 0 Å². The molecule has 5 rings (SSSR count). The maximum absolute atomic E-state index is 12.7. The Kier molecular flexibility index (Phi) is 11.1. The first-order valence-electron chi connectivity index (χ1n) is 13.8. The smallest absolute Gasteiger partial charge is 0.280 e. The molecule has 272 valence electrons. The number of H-pyrrole nitrogens is 1. The van der Waals surface area contributed by atoms with Crippen LogP contribution < -0.4 is 21.1 Å². The highest BCUT2D eigenvalue weighted by Gasteiger charge is 2.47. The van der Waals surface area contributed by atoms with E-state index < -0.39 is 97.7 Å². The van der Waals surface area contributed by atoms with Crippen molar-refractivity contribution in [3.8, 4) is 0 Å². The van der Waals surface area contributed by atoms with E-state index in [0.717, 1.165) is 16.5 Å². The molecule has 11 unspecified atom stereocenters. The number of anilines is 1. The van der Waals surface area contributed by atoms with Crippen LogP contribution in [-0.4, -0.2) is 115 Å². The molecule has 0 aliphatic carbocycles. The number of ether oxygens (including phenoxy) is 2. The molecule has 4 heterocycles. The van der Waals surface area contributed by atoms with Gasteiger partial charge < -0.3 is 55.1 Å². The molecule has 8 N–H and O–H groups in total. The minimum atomic E-state index is -6.05. The molecule has 49 heavy (non-hydrogen) atoms. The van der Waals surface area contributed by atoms with Crippen molar-refractivity contribution in [2.75, 3.05) is 18.1 Å². The zero-order chi connectivity index (χ0) is 36.1. The fraction of sp³-hybridized carbons (Fsp3) is 0.522. The number of aliphatic hydroxyl groups excluding tert-OH is 5. The van der Waals surface area contributed by atoms with Crippen LogP contribution in [-0.2, 0) is 40.8 Å². The topological polar surface area (TPSA) is 351 Å². The second-order valence-electron chi connectivity index (χ2n) is 10.8. The van der Waals surface area contributed by atoms with Crippen molar-refractivity contribution >= 4 is 52.4 Å². The average molecular weight is 774 g/mol. The number of nitrogens with one attached hydrogen (secondary N) is 1. The maximum atomic E-state index is 12.7. The molecule has 0 bridgehead atoms. The van der Waals surface area contributed by atoms with Crippen molar-refractivity contribution in [3.63, 3.8) is 0 Å². The SMILES string of the molecule is Cc1ccc(S(=O)(=O)SCC2OC(OP(=O)([O-])OP(=O)([O-])OCC3OC(n4cnc5c(=O)[nH]c(N)nc54)C(O)C3O)C(O)C(O)C2O)cc1. The Balaban J connectivity index is 1.19. The number of aliphatic hydroxyl groups is 5. The summed E-state index contributed by atoms with van der Waals surface area (Å²) in [6.45, 7) is 0.611. The van der Waals surface area contributed by atoms with E-state index in [1.54, 1.807) is 19.1 Å². The molecule has 2 aliphatic rings. The molecular weight excluding hydrogens is 744 g/mol. The molecule has 2 saturated heterocycles. The van der Waals surface area contributed by atoms with Gasteiger partial charge in [0.25, 0.3) is 21.2 Å². The summed E-state index contributed by atoms with van der Waals surface area (Å²) in [5.74, 6) is -0.905. The summed E-state index contributed by atoms with van der Waals surface area (Å²) >= 11 is 0. The number of hydrogen-bond donors (Lipinski definition) is 7. The number of aryl methyl sites for hydroxylation is 1. The van der Waals surface area contributed by atoms with Gasteiger partial charge in [-0.05, 0) is 29.9 Å². The largest absolute Gasteiger partial charge is 0.756 e. The van der Waals surface area contributed by atoms with Crippen LogP contribution in [0.4, 0.5) is 5.95 Å². The number of imidazole rings is 1. The number of benzene rings is 1. The van der Waals surface area contributed by atoms with Gasteiger partial charge in [-0.2, -0.15) is 4.98 Å². The molecule has 1 aromatic carbocycles. The van der Waals surface area contributed by atoms with Gasteiger partial charge in [0.05, 0.1) is 23.9 Å². The predicted molar refractivity (Wildman–Crippen MR) is 159 cm³/mol. The lowest BCUT2D eigenvalue weighted by Crippen LogP contribution is -2.58. The number of rotatable bonds is 12. The van der Waals surface area contributed by atoms with Crippen LogP contribution >= 0.6 is 26.4 Å². The van der Waals surface area contributed by atoms with E-state index in [0.29, 0.717) is 0 Å². The standard InChI is InChI=1S/C23H31N5O17P2S2/c1-9-2-4-10(5-3-9)49(39,40)48-7-12-15(30)16(31)18(33)22(43-12)44-47(37,38)45-46(35,36)41-6-11-14(29)17(32)21(42-11)28-8-25-13-19(28)26-23(24)27-20(13)34/h2-5,8,11-12,14-18,21-22,29-33H,6-7H2,1H3,(H,35,36)(H,37,38)(H3,24,26,27,34)/p-2. The van der Waals surface area contributed by atoms with Crippen LogP contribution in [0.25, 0.3) is 11.2 Å². The van der Waals surface area contributed by atoms with Gasteiger partial charge in [-0.3, -0.25) is 28.0 Å². The fourth-order valence-corrected chi connectivity index (χ4v) is 9.71. The lowest BCUT2D eigenvalue weighted by atomic mass is 10.0. The Morgan fingerprint density at radius 3 is 2.33 bits per heavy atom. The monoisotopic (exact) mass is 773 g/mol. The number of hydrogen-bond acceptors (Lipinski definition) is 21. The molecule has 2 fully saturated rings. The van der Waals surface area contributed by atoms with Crippen LogP contribution in [0, 0.1) is 6.92 Å². The van der Waals surface area contributed by atoms with Crippen LogP contribution in [0.15, 0.2) is 40.3 Å². The summed E-state index contributed by atoms with van der Waals surface area (Å²) in [5.41, 5.74) is 5.25. The molecule has 0 spiro atoms. The van der Waals surface area contributed by atoms with Gasteiger partial charge in [0.2, 0.25) is 14.8 Å². The Morgan fingerprint density at radius 1 is 1.00 bits per heavy atom. The van der Waals surface area contributed by atoms with Crippen LogP contribution in [0.5, 0.6) is 0 Å². The van der Waals surface area contributed by atoms with E-state index in [4.69, 9.17) is 15.2 Å². The normalized spacial score (nSPS) is 31.8. The molecule has 22 nitrogen and oxygen atoms in total. The second-order valence-corrected chi connectivity index (χ2v) is 17.6. The summed E-state index contributed by atoms with van der Waals surface area (Å²) in [4.78, 5) is 46.8. The van der Waals surface area contributed by atoms with Gasteiger partial charge >= 0.3 is 0 Å². The third-order valence-electron chi connectivity index (χ3n) is 7.26. The Morgan fingerprint density at radius 2 is 1.65 bits per heavy atom. The van der Waals surface area contributed by atoms with E-state index >= 15 is 0 Å². The summed E-state index contributed by atoms with van der Waals surface area (Å²) in [5, 5.41) is 51.7. The third kappa shape index (κ3) is 8.42. The Hall–Kier alpha value is -2.35. The number of aromatic nitrogens is 4. The van der Waals surface area contributed by atoms with Gasteiger partial charge in [0, 0.05) is 5.75 Å². The zero-order valence-electron chi connectivity index (χ0n) is 24.8. The van der Waals surface area contributed by atoms with Gasteiger partial charge in [-0.15, -0.1) is 0 Å². The van der Waals surface area contributed by atoms with Crippen molar-refractivity contribution in [1.82, 2.24) is 19.5 Å². The number of nitrogens with zero attached hydrogens (tertiary/aromatic N) is 3. The number of fused-ring (bicyclic) bond motifs is 1. The molecule has 2 aliphatic heterocycles. The Bertz CT molecular complexity index is 1930. The van der Waals surface area contributed by atoms with E-state index in [1.165, 1.54) is 12.1 Å². The lowest BCUT2D eigenvalue weighted by Gasteiger charge is -2.42. The van der Waals surface area contributed by atoms with Gasteiger partial charge in [-0.25, -0.2) is 17.7 Å². The van der Waals surface area contributed by atoms with Crippen molar-refractivity contribution in [3.05, 3.63) is 46.5 Å². The van der Waals surface area contributed by atoms with E-state index in [-0.39, 0.29) is 32.8 Å². The first kappa shape index (κ1) is 37.9. The molecular formula is C23H29N5O17P2S2-2. The number of phosphoric acid groups is 2. The van der Waals surface area contributed by atoms with Crippen molar-refractivity contribution in [2.45, 2.75) is 67.1 Å². The molecule has 0 amide bonds. The molecule has 26 heteroatoms. The third-order valence-corrected chi connectivity index (χ3v) is 13.3. The van der Waals surface area contributed by atoms with Crippen molar-refractivity contribution in [2.24, 2.45) is 0 Å². The molecule has 0 radical (unpaired) electrons. The highest BCUT2D eigenvalue weighted by molar-refractivity contribution is 8.72. The quantitative estimate of drug-likeness (QED) is 0.0695. The number of phosphoric ester groups is 2. The maximum Gasteiger partial charge on any atom is 0.280 e. The first-order valence-corrected chi connectivity index (χ1v) is 19.8. The second kappa shape index (κ2) is 14.3. The molecule has 2 aromatic heterocycles. The number of nitrogens with two attached hydrogens (primary N) is 1. The summed E-state index contributed by atoms with van der Waals surface area (Å²) in [6.07, 6.45) is -16.1. The highest BCUT2D eigenvalue weighted by Crippen LogP contribution is 2.57. The molecule has 3 aromatic rings. The predicted octanol–water partition coefficient (Wildman–Crippen LogP) is -3.45. The van der Waals surface area contributed by atoms with Gasteiger partial charge in [0.1, 0.15) is 36.6 Å². The summed E-state index contributed by atoms with van der Waals surface area (Å²) < 4.78 is 74.9. The zero-order valence-corrected chi connectivity index (χ0v) is 28.2. The molecule has 0 saturated carbocycles. The summed E-state index contributed by atoms with van der Waals surface area (Å²) in [7, 11) is -15.7. The Labute approximate surface area is 278 Å². The minimum absolute atomic E-state index is 0.0972. The van der Waals surface area contributed by atoms with Gasteiger partial charge in [0.15, 0.2) is 23.7 Å². The van der Waals surface area contributed by atoms with Crippen LogP contribution in [0.3, 0.4) is 0 Å². The summed E-state index contributed by atoms with van der Waals surface area (Å²) in [6, 6.07) is 5.73. The minimum Gasteiger partial charge on any atom is -0.756 e. The van der Waals surface area contributed by atoms with E-state index in [2.05, 4.69) is 28.3 Å². The first-order chi connectivity index (χ1) is 22.8. The fourth-order valence-electron chi connectivity index (χ4n) is 4.75. The van der Waals surface area contributed by atoms with Crippen LogP contribution in [0.2, 0.25) is 0 Å². The number of nitrogen functional groups attached to an aromatic ring is 1. The van der Waals surface area contributed by atoms with Crippen LogP contribution in [0.1, 0.15) is 11.8 Å². The average Bonchev–Trinajstić information content (AvgIpc) is 3.55. The lowest BCUT2D eigenvalue weighted by molar-refractivity contribution is -0.298. The van der Waals surface area contributed by atoms with Gasteiger partial charge in [-0.1, -0.05) is 17.7 Å². The highest BCUT2D eigenvalue weighted by atomic mass is 33.1. The van der Waals surface area contributed by atoms with E-state index in [1.807, 2.05) is 0 Å². The molecule has 11 atom stereocenters. The van der Waals surface area contributed by atoms with E-state index in [9.17, 15) is 57.7 Å².